The number of aliphatic imine (C=N–C) groups is 1. The van der Waals surface area contributed by atoms with E-state index in [0.29, 0.717) is 17.4 Å². The topological polar surface area (TPSA) is 89.6 Å². The van der Waals surface area contributed by atoms with Crippen LogP contribution in [-0.2, 0) is 23.0 Å². The molecule has 7 nitrogen and oxygen atoms in total. The van der Waals surface area contributed by atoms with E-state index in [0.717, 1.165) is 24.0 Å². The first-order chi connectivity index (χ1) is 14.8. The van der Waals surface area contributed by atoms with Gasteiger partial charge in [0.15, 0.2) is 5.96 Å². The molecule has 0 fully saturated rings. The number of guanidine groups is 1. The third-order valence-corrected chi connectivity index (χ3v) is 7.42. The van der Waals surface area contributed by atoms with Crippen LogP contribution in [0.3, 0.4) is 0 Å². The Kier molecular flexibility index (Phi) is 9.53. The first-order valence-corrected chi connectivity index (χ1v) is 11.8. The van der Waals surface area contributed by atoms with Crippen molar-refractivity contribution in [3.63, 3.8) is 0 Å². The van der Waals surface area contributed by atoms with Crippen molar-refractivity contribution in [3.05, 3.63) is 65.9 Å². The van der Waals surface area contributed by atoms with Crippen molar-refractivity contribution in [1.29, 1.82) is 0 Å². The van der Waals surface area contributed by atoms with Crippen LogP contribution < -0.4 is 10.6 Å². The Hall–Kier alpha value is -2.11. The summed E-state index contributed by atoms with van der Waals surface area (Å²) in [4.78, 5) is 7.86. The SMILES string of the molecule is CN=C(NCCc1c[nH]c2ccccc12)NCc1ccc(S(=O)(=O)N(C)C(C)C)cc1.I. The Balaban J connectivity index is 0.00000363. The third kappa shape index (κ3) is 6.23. The van der Waals surface area contributed by atoms with E-state index < -0.39 is 10.0 Å². The summed E-state index contributed by atoms with van der Waals surface area (Å²) >= 11 is 0. The number of hydrogen-bond donors (Lipinski definition) is 3. The zero-order chi connectivity index (χ0) is 22.4. The average Bonchev–Trinajstić information content (AvgIpc) is 3.19. The molecule has 0 unspecified atom stereocenters. The van der Waals surface area contributed by atoms with Gasteiger partial charge in [-0.15, -0.1) is 24.0 Å². The zero-order valence-electron chi connectivity index (χ0n) is 18.9. The minimum absolute atomic E-state index is 0. The van der Waals surface area contributed by atoms with E-state index in [9.17, 15) is 8.42 Å². The van der Waals surface area contributed by atoms with E-state index in [4.69, 9.17) is 0 Å². The molecule has 0 amide bonds. The molecule has 0 bridgehead atoms. The highest BCUT2D eigenvalue weighted by molar-refractivity contribution is 14.0. The monoisotopic (exact) mass is 569 g/mol. The van der Waals surface area contributed by atoms with Crippen LogP contribution in [0.25, 0.3) is 10.9 Å². The number of hydrogen-bond acceptors (Lipinski definition) is 3. The van der Waals surface area contributed by atoms with Crippen LogP contribution in [0.1, 0.15) is 25.0 Å². The molecule has 1 aromatic heterocycles. The predicted octanol–water partition coefficient (Wildman–Crippen LogP) is 3.72. The van der Waals surface area contributed by atoms with Crippen LogP contribution in [0.2, 0.25) is 0 Å². The maximum Gasteiger partial charge on any atom is 0.243 e. The number of nitrogens with zero attached hydrogens (tertiary/aromatic N) is 2. The van der Waals surface area contributed by atoms with Gasteiger partial charge in [-0.3, -0.25) is 4.99 Å². The van der Waals surface area contributed by atoms with E-state index >= 15 is 0 Å². The molecule has 0 spiro atoms. The van der Waals surface area contributed by atoms with Gasteiger partial charge in [0.25, 0.3) is 0 Å². The largest absolute Gasteiger partial charge is 0.361 e. The van der Waals surface area contributed by atoms with Gasteiger partial charge in [0.05, 0.1) is 4.90 Å². The molecule has 2 aromatic carbocycles. The molecule has 32 heavy (non-hydrogen) atoms. The van der Waals surface area contributed by atoms with Crippen molar-refractivity contribution in [3.8, 4) is 0 Å². The van der Waals surface area contributed by atoms with Gasteiger partial charge < -0.3 is 15.6 Å². The Morgan fingerprint density at radius 1 is 1.09 bits per heavy atom. The minimum Gasteiger partial charge on any atom is -0.361 e. The highest BCUT2D eigenvalue weighted by atomic mass is 127. The normalized spacial score (nSPS) is 12.2. The van der Waals surface area contributed by atoms with Crippen LogP contribution in [-0.4, -0.2) is 50.3 Å². The average molecular weight is 570 g/mol. The molecule has 0 saturated carbocycles. The van der Waals surface area contributed by atoms with Crippen molar-refractivity contribution >= 4 is 50.9 Å². The number of halogens is 1. The number of aromatic nitrogens is 1. The molecule has 0 atom stereocenters. The second-order valence-corrected chi connectivity index (χ2v) is 9.72. The number of rotatable bonds is 8. The summed E-state index contributed by atoms with van der Waals surface area (Å²) < 4.78 is 26.5. The van der Waals surface area contributed by atoms with Gasteiger partial charge >= 0.3 is 0 Å². The molecule has 3 rings (SSSR count). The lowest BCUT2D eigenvalue weighted by Gasteiger charge is -2.21. The highest BCUT2D eigenvalue weighted by Gasteiger charge is 2.22. The summed E-state index contributed by atoms with van der Waals surface area (Å²) in [5.41, 5.74) is 3.39. The number of H-pyrrole nitrogens is 1. The molecular weight excluding hydrogens is 537 g/mol. The lowest BCUT2D eigenvalue weighted by Crippen LogP contribution is -2.37. The lowest BCUT2D eigenvalue weighted by atomic mass is 10.1. The summed E-state index contributed by atoms with van der Waals surface area (Å²) in [7, 11) is -0.133. The highest BCUT2D eigenvalue weighted by Crippen LogP contribution is 2.18. The van der Waals surface area contributed by atoms with E-state index in [2.05, 4.69) is 38.9 Å². The summed E-state index contributed by atoms with van der Waals surface area (Å²) in [6, 6.07) is 15.1. The Morgan fingerprint density at radius 3 is 2.44 bits per heavy atom. The van der Waals surface area contributed by atoms with Gasteiger partial charge in [-0.1, -0.05) is 30.3 Å². The Labute approximate surface area is 207 Å². The second kappa shape index (κ2) is 11.7. The van der Waals surface area contributed by atoms with Crippen LogP contribution in [0.15, 0.2) is 64.6 Å². The number of aromatic amines is 1. The standard InChI is InChI=1S/C23H31N5O2S.HI/c1-17(2)28(4)31(29,30)20-11-9-18(10-12-20)15-27-23(24-3)25-14-13-19-16-26-22-8-6-5-7-21(19)22;/h5-12,16-17,26H,13-15H2,1-4H3,(H2,24,25,27);1H. The maximum absolute atomic E-state index is 12.6. The molecule has 0 radical (unpaired) electrons. The van der Waals surface area contributed by atoms with Gasteiger partial charge in [0.1, 0.15) is 0 Å². The molecule has 0 aliphatic rings. The zero-order valence-corrected chi connectivity index (χ0v) is 22.1. The van der Waals surface area contributed by atoms with Crippen LogP contribution in [0, 0.1) is 0 Å². The molecule has 0 aliphatic heterocycles. The fourth-order valence-corrected chi connectivity index (χ4v) is 4.65. The first-order valence-electron chi connectivity index (χ1n) is 10.4. The lowest BCUT2D eigenvalue weighted by molar-refractivity contribution is 0.410. The number of fused-ring (bicyclic) bond motifs is 1. The van der Waals surface area contributed by atoms with Gasteiger partial charge in [-0.05, 0) is 49.6 Å². The second-order valence-electron chi connectivity index (χ2n) is 7.72. The van der Waals surface area contributed by atoms with Gasteiger partial charge in [-0.25, -0.2) is 8.42 Å². The first kappa shape index (κ1) is 26.1. The summed E-state index contributed by atoms with van der Waals surface area (Å²) in [6.07, 6.45) is 2.93. The molecule has 3 N–H and O–H groups in total. The number of para-hydroxylation sites is 1. The van der Waals surface area contributed by atoms with Crippen LogP contribution in [0.4, 0.5) is 0 Å². The van der Waals surface area contributed by atoms with E-state index in [1.54, 1.807) is 26.2 Å². The van der Waals surface area contributed by atoms with Gasteiger partial charge in [0.2, 0.25) is 10.0 Å². The third-order valence-electron chi connectivity index (χ3n) is 5.37. The van der Waals surface area contributed by atoms with Crippen LogP contribution >= 0.6 is 24.0 Å². The molecule has 9 heteroatoms. The summed E-state index contributed by atoms with van der Waals surface area (Å²) in [6.45, 7) is 5.01. The Bertz CT molecular complexity index is 1140. The van der Waals surface area contributed by atoms with Crippen molar-refractivity contribution in [2.24, 2.45) is 4.99 Å². The quantitative estimate of drug-likeness (QED) is 0.219. The molecule has 3 aromatic rings. The Morgan fingerprint density at radius 2 is 1.78 bits per heavy atom. The van der Waals surface area contributed by atoms with Gasteiger partial charge in [0, 0.05) is 50.3 Å². The molecular formula is C23H32IN5O2S. The molecule has 1 heterocycles. The maximum atomic E-state index is 12.6. The van der Waals surface area contributed by atoms with Crippen molar-refractivity contribution < 1.29 is 8.42 Å². The number of sulfonamides is 1. The van der Waals surface area contributed by atoms with E-state index in [1.807, 2.05) is 38.1 Å². The number of benzene rings is 2. The van der Waals surface area contributed by atoms with Crippen molar-refractivity contribution in [1.82, 2.24) is 19.9 Å². The van der Waals surface area contributed by atoms with E-state index in [1.165, 1.54) is 15.3 Å². The van der Waals surface area contributed by atoms with E-state index in [-0.39, 0.29) is 30.0 Å². The number of nitrogens with one attached hydrogen (secondary N) is 3. The molecule has 0 saturated heterocycles. The van der Waals surface area contributed by atoms with Crippen molar-refractivity contribution in [2.45, 2.75) is 37.8 Å². The predicted molar refractivity (Wildman–Crippen MR) is 142 cm³/mol. The molecule has 174 valence electrons. The fraction of sp³-hybridized carbons (Fsp3) is 0.348. The summed E-state index contributed by atoms with van der Waals surface area (Å²) in [5, 5.41) is 7.84. The summed E-state index contributed by atoms with van der Waals surface area (Å²) in [5.74, 6) is 0.705. The molecule has 0 aliphatic carbocycles. The smallest absolute Gasteiger partial charge is 0.243 e. The van der Waals surface area contributed by atoms with Crippen molar-refractivity contribution in [2.75, 3.05) is 20.6 Å². The fourth-order valence-electron chi connectivity index (χ4n) is 3.28. The van der Waals surface area contributed by atoms with Crippen LogP contribution in [0.5, 0.6) is 0 Å². The minimum atomic E-state index is -3.47. The van der Waals surface area contributed by atoms with Gasteiger partial charge in [-0.2, -0.15) is 4.31 Å².